The van der Waals surface area contributed by atoms with E-state index >= 15 is 0 Å². The smallest absolute Gasteiger partial charge is 0.326 e. The topological polar surface area (TPSA) is 57.6 Å². The lowest BCUT2D eigenvalue weighted by Gasteiger charge is -2.21. The van der Waals surface area contributed by atoms with Gasteiger partial charge in [-0.1, -0.05) is 18.5 Å². The van der Waals surface area contributed by atoms with E-state index in [1.54, 1.807) is 12.1 Å². The molecule has 1 aliphatic heterocycles. The summed E-state index contributed by atoms with van der Waals surface area (Å²) < 4.78 is 0.658. The van der Waals surface area contributed by atoms with E-state index in [9.17, 15) is 9.59 Å². The summed E-state index contributed by atoms with van der Waals surface area (Å²) in [7, 11) is 0. The number of carbonyl (C=O) groups is 2. The summed E-state index contributed by atoms with van der Waals surface area (Å²) in [6, 6.07) is 2.86. The molecule has 1 aromatic heterocycles. The highest BCUT2D eigenvalue weighted by atomic mass is 35.5. The van der Waals surface area contributed by atoms with E-state index in [2.05, 4.69) is 0 Å². The van der Waals surface area contributed by atoms with E-state index in [1.165, 1.54) is 22.3 Å². The summed E-state index contributed by atoms with van der Waals surface area (Å²) >= 11 is 7.17. The van der Waals surface area contributed by atoms with Gasteiger partial charge in [-0.25, -0.2) is 4.79 Å². The van der Waals surface area contributed by atoms with Gasteiger partial charge in [-0.05, 0) is 30.5 Å². The number of hydrogen-bond donors (Lipinski definition) is 1. The van der Waals surface area contributed by atoms with Gasteiger partial charge in [0.2, 0.25) is 5.91 Å². The minimum Gasteiger partial charge on any atom is -0.480 e. The van der Waals surface area contributed by atoms with Crippen LogP contribution in [0, 0.1) is 5.92 Å². The Kier molecular flexibility index (Phi) is 4.27. The molecule has 1 fully saturated rings. The highest BCUT2D eigenvalue weighted by Crippen LogP contribution is 2.25. The molecule has 2 heterocycles. The Morgan fingerprint density at radius 1 is 1.53 bits per heavy atom. The lowest BCUT2D eigenvalue weighted by molar-refractivity contribution is -0.147. The number of halogens is 1. The molecule has 1 aromatic rings. The predicted molar refractivity (Wildman–Crippen MR) is 75.3 cm³/mol. The zero-order chi connectivity index (χ0) is 14.0. The fraction of sp³-hybridized carbons (Fsp3) is 0.385. The van der Waals surface area contributed by atoms with Crippen LogP contribution >= 0.6 is 22.9 Å². The molecule has 0 saturated carbocycles. The Morgan fingerprint density at radius 2 is 2.26 bits per heavy atom. The van der Waals surface area contributed by atoms with Gasteiger partial charge < -0.3 is 10.0 Å². The van der Waals surface area contributed by atoms with Crippen LogP contribution in [0.3, 0.4) is 0 Å². The molecule has 2 unspecified atom stereocenters. The molecule has 1 saturated heterocycles. The number of nitrogens with zero attached hydrogens (tertiary/aromatic N) is 1. The highest BCUT2D eigenvalue weighted by Gasteiger charge is 2.38. The highest BCUT2D eigenvalue weighted by molar-refractivity contribution is 7.17. The number of carbonyl (C=O) groups excluding carboxylic acids is 1. The Balaban J connectivity index is 2.07. The molecule has 102 valence electrons. The minimum absolute atomic E-state index is 0.00830. The molecule has 6 heteroatoms. The van der Waals surface area contributed by atoms with Crippen LogP contribution in [0.5, 0.6) is 0 Å². The van der Waals surface area contributed by atoms with E-state index in [1.807, 2.05) is 13.0 Å². The molecule has 0 aromatic carbocycles. The van der Waals surface area contributed by atoms with E-state index in [0.717, 1.165) is 11.3 Å². The Labute approximate surface area is 120 Å². The van der Waals surface area contributed by atoms with Crippen molar-refractivity contribution in [2.24, 2.45) is 5.92 Å². The molecule has 4 nitrogen and oxygen atoms in total. The van der Waals surface area contributed by atoms with Gasteiger partial charge in [0.25, 0.3) is 0 Å². The van der Waals surface area contributed by atoms with Gasteiger partial charge >= 0.3 is 5.97 Å². The van der Waals surface area contributed by atoms with E-state index in [4.69, 9.17) is 16.7 Å². The van der Waals surface area contributed by atoms with E-state index in [-0.39, 0.29) is 11.8 Å². The fourth-order valence-electron chi connectivity index (χ4n) is 2.24. The molecule has 0 bridgehead atoms. The van der Waals surface area contributed by atoms with Crippen molar-refractivity contribution in [3.8, 4) is 0 Å². The van der Waals surface area contributed by atoms with Gasteiger partial charge in [0.05, 0.1) is 4.34 Å². The van der Waals surface area contributed by atoms with Gasteiger partial charge in [0.1, 0.15) is 6.04 Å². The first-order chi connectivity index (χ1) is 8.99. The van der Waals surface area contributed by atoms with Crippen molar-refractivity contribution in [1.82, 2.24) is 4.90 Å². The summed E-state index contributed by atoms with van der Waals surface area (Å²) in [5, 5.41) is 9.16. The molecular weight excluding hydrogens is 286 g/mol. The van der Waals surface area contributed by atoms with Gasteiger partial charge in [-0.3, -0.25) is 4.79 Å². The average molecular weight is 300 g/mol. The number of hydrogen-bond acceptors (Lipinski definition) is 3. The molecule has 0 spiro atoms. The number of thiophene rings is 1. The number of likely N-dealkylation sites (tertiary alicyclic amines) is 1. The van der Waals surface area contributed by atoms with Crippen molar-refractivity contribution >= 4 is 40.9 Å². The van der Waals surface area contributed by atoms with Crippen molar-refractivity contribution in [1.29, 1.82) is 0 Å². The number of carboxylic acids is 1. The van der Waals surface area contributed by atoms with Crippen LogP contribution in [0.4, 0.5) is 0 Å². The summed E-state index contributed by atoms with van der Waals surface area (Å²) in [4.78, 5) is 25.5. The second-order valence-electron chi connectivity index (χ2n) is 4.56. The lowest BCUT2D eigenvalue weighted by atomic mass is 10.0. The maximum absolute atomic E-state index is 12.0. The molecule has 0 radical (unpaired) electrons. The monoisotopic (exact) mass is 299 g/mol. The van der Waals surface area contributed by atoms with Gasteiger partial charge in [-0.2, -0.15) is 0 Å². The molecule has 1 N–H and O–H groups in total. The third-order valence-corrected chi connectivity index (χ3v) is 4.42. The minimum atomic E-state index is -0.939. The molecule has 1 amide bonds. The molecule has 2 atom stereocenters. The quantitative estimate of drug-likeness (QED) is 0.873. The number of aliphatic carboxylic acids is 1. The Hall–Kier alpha value is -1.33. The third-order valence-electron chi connectivity index (χ3n) is 3.22. The third kappa shape index (κ3) is 3.16. The largest absolute Gasteiger partial charge is 0.480 e. The SMILES string of the molecule is CC1CCN(C(=O)/C=C/c2ccc(Cl)s2)C1C(=O)O. The van der Waals surface area contributed by atoms with Crippen LogP contribution in [0.25, 0.3) is 6.08 Å². The molecule has 2 rings (SSSR count). The summed E-state index contributed by atoms with van der Waals surface area (Å²) in [5.41, 5.74) is 0. The maximum Gasteiger partial charge on any atom is 0.326 e. The second-order valence-corrected chi connectivity index (χ2v) is 6.30. The van der Waals surface area contributed by atoms with Gasteiger partial charge in [0.15, 0.2) is 0 Å². The number of carboxylic acid groups (broad SMARTS) is 1. The van der Waals surface area contributed by atoms with Crippen LogP contribution in [-0.2, 0) is 9.59 Å². The van der Waals surface area contributed by atoms with Gasteiger partial charge in [-0.15, -0.1) is 11.3 Å². The number of rotatable bonds is 3. The van der Waals surface area contributed by atoms with Gasteiger partial charge in [0, 0.05) is 17.5 Å². The summed E-state index contributed by atoms with van der Waals surface area (Å²) in [6.07, 6.45) is 3.80. The zero-order valence-electron chi connectivity index (χ0n) is 10.4. The zero-order valence-corrected chi connectivity index (χ0v) is 11.9. The van der Waals surface area contributed by atoms with Crippen LogP contribution in [-0.4, -0.2) is 34.5 Å². The maximum atomic E-state index is 12.0. The van der Waals surface area contributed by atoms with Crippen LogP contribution in [0.1, 0.15) is 18.2 Å². The Bertz CT molecular complexity index is 526. The van der Waals surface area contributed by atoms with Crippen LogP contribution in [0.15, 0.2) is 18.2 Å². The van der Waals surface area contributed by atoms with E-state index < -0.39 is 12.0 Å². The Morgan fingerprint density at radius 3 is 2.84 bits per heavy atom. The first-order valence-corrected chi connectivity index (χ1v) is 7.15. The fourth-order valence-corrected chi connectivity index (χ4v) is 3.20. The standard InChI is InChI=1S/C13H14ClNO3S/c1-8-6-7-15(12(8)13(17)18)11(16)5-3-9-2-4-10(14)19-9/h2-5,8,12H,6-7H2,1H3,(H,17,18)/b5-3+. The predicted octanol–water partition coefficient (Wildman–Crippen LogP) is 2.74. The molecular formula is C13H14ClNO3S. The van der Waals surface area contributed by atoms with Crippen molar-refractivity contribution in [3.63, 3.8) is 0 Å². The van der Waals surface area contributed by atoms with Crippen molar-refractivity contribution in [2.45, 2.75) is 19.4 Å². The normalized spacial score (nSPS) is 23.2. The second kappa shape index (κ2) is 5.75. The van der Waals surface area contributed by atoms with E-state index in [0.29, 0.717) is 10.9 Å². The molecule has 1 aliphatic rings. The molecule has 0 aliphatic carbocycles. The van der Waals surface area contributed by atoms with Crippen molar-refractivity contribution in [2.75, 3.05) is 6.54 Å². The van der Waals surface area contributed by atoms with Crippen LogP contribution < -0.4 is 0 Å². The summed E-state index contributed by atoms with van der Waals surface area (Å²) in [6.45, 7) is 2.35. The van der Waals surface area contributed by atoms with Crippen molar-refractivity contribution in [3.05, 3.63) is 27.4 Å². The first kappa shape index (κ1) is 14.1. The average Bonchev–Trinajstić information content (AvgIpc) is 2.92. The summed E-state index contributed by atoms with van der Waals surface area (Å²) in [5.74, 6) is -1.21. The van der Waals surface area contributed by atoms with Crippen LogP contribution in [0.2, 0.25) is 4.34 Å². The van der Waals surface area contributed by atoms with Crippen molar-refractivity contribution < 1.29 is 14.7 Å². The first-order valence-electron chi connectivity index (χ1n) is 5.96. The molecule has 19 heavy (non-hydrogen) atoms. The number of amides is 1. The lowest BCUT2D eigenvalue weighted by Crippen LogP contribution is -2.42.